The molecule has 3 nitrogen and oxygen atoms in total. The molecular weight excluding hydrogens is 176 g/mol. The summed E-state index contributed by atoms with van der Waals surface area (Å²) in [6, 6.07) is 12.6. The highest BCUT2D eigenvalue weighted by Gasteiger charge is 2.25. The molecule has 0 spiro atoms. The predicted octanol–water partition coefficient (Wildman–Crippen LogP) is 1.54. The third-order valence-electron chi connectivity index (χ3n) is 2.43. The minimum Gasteiger partial charge on any atom is -0.364 e. The maximum Gasteiger partial charge on any atom is 0.100 e. The monoisotopic (exact) mass is 188 g/mol. The third kappa shape index (κ3) is 1.77. The topological polar surface area (TPSA) is 36.3 Å². The zero-order chi connectivity index (χ0) is 9.80. The van der Waals surface area contributed by atoms with Crippen molar-refractivity contribution in [3.63, 3.8) is 0 Å². The summed E-state index contributed by atoms with van der Waals surface area (Å²) in [7, 11) is 0. The van der Waals surface area contributed by atoms with Crippen molar-refractivity contribution in [2.45, 2.75) is 6.04 Å². The minimum absolute atomic E-state index is 0.246. The van der Waals surface area contributed by atoms with Crippen LogP contribution in [0.4, 0.5) is 0 Å². The van der Waals surface area contributed by atoms with Gasteiger partial charge in [-0.1, -0.05) is 30.3 Å². The average Bonchev–Trinajstić information content (AvgIpc) is 2.68. The van der Waals surface area contributed by atoms with Crippen molar-refractivity contribution in [2.75, 3.05) is 19.9 Å². The van der Waals surface area contributed by atoms with Crippen molar-refractivity contribution < 1.29 is 4.74 Å². The molecule has 1 heterocycles. The van der Waals surface area contributed by atoms with E-state index in [4.69, 9.17) is 10.00 Å². The molecule has 1 aromatic carbocycles. The van der Waals surface area contributed by atoms with E-state index >= 15 is 0 Å². The SMILES string of the molecule is N#CCN1COCC1c1ccccc1. The Labute approximate surface area is 83.5 Å². The van der Waals surface area contributed by atoms with Crippen LogP contribution in [0.15, 0.2) is 30.3 Å². The second-order valence-electron chi connectivity index (χ2n) is 3.33. The maximum atomic E-state index is 8.64. The lowest BCUT2D eigenvalue weighted by Gasteiger charge is -2.18. The zero-order valence-electron chi connectivity index (χ0n) is 7.89. The van der Waals surface area contributed by atoms with Crippen molar-refractivity contribution >= 4 is 0 Å². The Morgan fingerprint density at radius 1 is 1.43 bits per heavy atom. The highest BCUT2D eigenvalue weighted by atomic mass is 16.5. The van der Waals surface area contributed by atoms with Gasteiger partial charge in [-0.15, -0.1) is 0 Å². The van der Waals surface area contributed by atoms with Crippen LogP contribution in [0, 0.1) is 11.3 Å². The zero-order valence-corrected chi connectivity index (χ0v) is 7.89. The van der Waals surface area contributed by atoms with Gasteiger partial charge in [0, 0.05) is 0 Å². The van der Waals surface area contributed by atoms with Crippen LogP contribution in [0.25, 0.3) is 0 Å². The van der Waals surface area contributed by atoms with Crippen LogP contribution in [-0.4, -0.2) is 24.8 Å². The highest BCUT2D eigenvalue weighted by molar-refractivity contribution is 5.19. The maximum absolute atomic E-state index is 8.64. The molecular formula is C11H12N2O. The van der Waals surface area contributed by atoms with Gasteiger partial charge in [-0.25, -0.2) is 0 Å². The lowest BCUT2D eigenvalue weighted by Crippen LogP contribution is -2.24. The largest absolute Gasteiger partial charge is 0.364 e. The number of ether oxygens (including phenoxy) is 1. The molecule has 1 aliphatic heterocycles. The summed E-state index contributed by atoms with van der Waals surface area (Å²) in [5, 5.41) is 8.64. The van der Waals surface area contributed by atoms with Crippen LogP contribution < -0.4 is 0 Å². The van der Waals surface area contributed by atoms with E-state index in [0.29, 0.717) is 19.9 Å². The Hall–Kier alpha value is -1.37. The van der Waals surface area contributed by atoms with Crippen molar-refractivity contribution in [3.8, 4) is 6.07 Å². The molecule has 72 valence electrons. The van der Waals surface area contributed by atoms with E-state index in [1.165, 1.54) is 5.56 Å². The summed E-state index contributed by atoms with van der Waals surface area (Å²) in [5.74, 6) is 0. The van der Waals surface area contributed by atoms with Crippen LogP contribution in [0.5, 0.6) is 0 Å². The number of nitrogens with zero attached hydrogens (tertiary/aromatic N) is 2. The van der Waals surface area contributed by atoms with Crippen LogP contribution in [0.3, 0.4) is 0 Å². The summed E-state index contributed by atoms with van der Waals surface area (Å²) in [6.45, 7) is 1.68. The molecule has 1 fully saturated rings. The molecule has 2 rings (SSSR count). The van der Waals surface area contributed by atoms with Gasteiger partial charge in [0.1, 0.15) is 6.73 Å². The Kier molecular flexibility index (Phi) is 2.78. The summed E-state index contributed by atoms with van der Waals surface area (Å²) in [6.07, 6.45) is 0. The summed E-state index contributed by atoms with van der Waals surface area (Å²) >= 11 is 0. The molecule has 1 aromatic rings. The molecule has 0 aromatic heterocycles. The molecule has 0 amide bonds. The summed E-state index contributed by atoms with van der Waals surface area (Å²) in [5.41, 5.74) is 1.22. The summed E-state index contributed by atoms with van der Waals surface area (Å²) < 4.78 is 5.35. The van der Waals surface area contributed by atoms with Crippen LogP contribution in [0.2, 0.25) is 0 Å². The van der Waals surface area contributed by atoms with E-state index < -0.39 is 0 Å². The molecule has 0 saturated carbocycles. The van der Waals surface area contributed by atoms with Gasteiger partial charge in [0.2, 0.25) is 0 Å². The smallest absolute Gasteiger partial charge is 0.100 e. The quantitative estimate of drug-likeness (QED) is 0.660. The molecule has 0 bridgehead atoms. The number of nitriles is 1. The van der Waals surface area contributed by atoms with Gasteiger partial charge in [0.05, 0.1) is 25.3 Å². The first-order valence-electron chi connectivity index (χ1n) is 4.65. The van der Waals surface area contributed by atoms with E-state index in [9.17, 15) is 0 Å². The second-order valence-corrected chi connectivity index (χ2v) is 3.33. The van der Waals surface area contributed by atoms with Gasteiger partial charge >= 0.3 is 0 Å². The molecule has 0 N–H and O–H groups in total. The van der Waals surface area contributed by atoms with Crippen molar-refractivity contribution in [3.05, 3.63) is 35.9 Å². The van der Waals surface area contributed by atoms with Crippen LogP contribution in [-0.2, 0) is 4.74 Å². The fourth-order valence-electron chi connectivity index (χ4n) is 1.71. The van der Waals surface area contributed by atoms with Gasteiger partial charge in [-0.05, 0) is 5.56 Å². The van der Waals surface area contributed by atoms with E-state index in [1.807, 2.05) is 23.1 Å². The van der Waals surface area contributed by atoms with Gasteiger partial charge in [-0.2, -0.15) is 5.26 Å². The van der Waals surface area contributed by atoms with Crippen LogP contribution >= 0.6 is 0 Å². The van der Waals surface area contributed by atoms with Gasteiger partial charge in [-0.3, -0.25) is 4.90 Å². The Morgan fingerprint density at radius 3 is 2.93 bits per heavy atom. The lowest BCUT2D eigenvalue weighted by atomic mass is 10.1. The fourth-order valence-corrected chi connectivity index (χ4v) is 1.71. The van der Waals surface area contributed by atoms with Crippen LogP contribution in [0.1, 0.15) is 11.6 Å². The molecule has 1 aliphatic rings. The fraction of sp³-hybridized carbons (Fsp3) is 0.364. The number of benzene rings is 1. The molecule has 1 atom stereocenters. The molecule has 0 radical (unpaired) electrons. The van der Waals surface area contributed by atoms with Gasteiger partial charge in [0.25, 0.3) is 0 Å². The Balaban J connectivity index is 2.14. The lowest BCUT2D eigenvalue weighted by molar-refractivity contribution is 0.146. The molecule has 14 heavy (non-hydrogen) atoms. The molecule has 1 saturated heterocycles. The average molecular weight is 188 g/mol. The normalized spacial score (nSPS) is 22.1. The van der Waals surface area contributed by atoms with Crippen molar-refractivity contribution in [1.82, 2.24) is 4.90 Å². The number of hydrogen-bond donors (Lipinski definition) is 0. The second kappa shape index (κ2) is 4.23. The number of rotatable bonds is 2. The Morgan fingerprint density at radius 2 is 2.21 bits per heavy atom. The van der Waals surface area contributed by atoms with Crippen molar-refractivity contribution in [1.29, 1.82) is 5.26 Å². The van der Waals surface area contributed by atoms with E-state index in [2.05, 4.69) is 18.2 Å². The Bertz CT molecular complexity index is 331. The minimum atomic E-state index is 0.246. The van der Waals surface area contributed by atoms with E-state index in [-0.39, 0.29) is 6.04 Å². The van der Waals surface area contributed by atoms with Gasteiger partial charge in [0.15, 0.2) is 0 Å². The first-order chi connectivity index (χ1) is 6.92. The molecule has 0 aliphatic carbocycles. The highest BCUT2D eigenvalue weighted by Crippen LogP contribution is 2.24. The predicted molar refractivity (Wildman–Crippen MR) is 52.3 cm³/mol. The molecule has 3 heteroatoms. The van der Waals surface area contributed by atoms with E-state index in [1.54, 1.807) is 0 Å². The number of hydrogen-bond acceptors (Lipinski definition) is 3. The standard InChI is InChI=1S/C11H12N2O/c12-6-7-13-9-14-8-11(13)10-4-2-1-3-5-10/h1-5,11H,7-9H2. The van der Waals surface area contributed by atoms with Crippen molar-refractivity contribution in [2.24, 2.45) is 0 Å². The summed E-state index contributed by atoms with van der Waals surface area (Å²) in [4.78, 5) is 2.04. The van der Waals surface area contributed by atoms with E-state index in [0.717, 1.165) is 0 Å². The van der Waals surface area contributed by atoms with Gasteiger partial charge < -0.3 is 4.74 Å². The first kappa shape index (κ1) is 9.20. The molecule has 1 unspecified atom stereocenters. The third-order valence-corrected chi connectivity index (χ3v) is 2.43. The first-order valence-corrected chi connectivity index (χ1v) is 4.65.